The van der Waals surface area contributed by atoms with Gasteiger partial charge in [0.05, 0.1) is 5.70 Å². The third-order valence-electron chi connectivity index (χ3n) is 1.27. The van der Waals surface area contributed by atoms with E-state index >= 15 is 0 Å². The van der Waals surface area contributed by atoms with Gasteiger partial charge in [0.15, 0.2) is 0 Å². The molecule has 0 saturated heterocycles. The summed E-state index contributed by atoms with van der Waals surface area (Å²) in [6.07, 6.45) is 1.96. The highest BCUT2D eigenvalue weighted by molar-refractivity contribution is 5.28. The largest absolute Gasteiger partial charge is 0.269 e. The highest BCUT2D eigenvalue weighted by atomic mass is 15.4. The Morgan fingerprint density at radius 2 is 1.83 bits per heavy atom. The first kappa shape index (κ1) is 13.5. The minimum absolute atomic E-state index is 0.998. The lowest BCUT2D eigenvalue weighted by Crippen LogP contribution is -2.09. The summed E-state index contributed by atoms with van der Waals surface area (Å²) in [5, 5.41) is 5.43. The normalized spacial score (nSPS) is 9.58. The summed E-state index contributed by atoms with van der Waals surface area (Å²) in [4.78, 5) is 0. The van der Waals surface area contributed by atoms with E-state index in [0.29, 0.717) is 0 Å². The second-order valence-corrected chi connectivity index (χ2v) is 2.12. The van der Waals surface area contributed by atoms with Gasteiger partial charge in [-0.1, -0.05) is 26.5 Å². The van der Waals surface area contributed by atoms with Crippen LogP contribution in [0.2, 0.25) is 0 Å². The Bertz CT molecular complexity index is 169. The fourth-order valence-electron chi connectivity index (χ4n) is 0.786. The van der Waals surface area contributed by atoms with E-state index < -0.39 is 0 Å². The summed E-state index contributed by atoms with van der Waals surface area (Å²) >= 11 is 0. The number of nitrogens with zero attached hydrogens (tertiary/aromatic N) is 2. The average molecular weight is 168 g/mol. The van der Waals surface area contributed by atoms with E-state index in [0.717, 1.165) is 11.3 Å². The fraction of sp³-hybridized carbons (Fsp3) is 0.500. The molecule has 0 radical (unpaired) electrons. The van der Waals surface area contributed by atoms with Crippen LogP contribution in [0.4, 0.5) is 0 Å². The first-order valence-electron chi connectivity index (χ1n) is 4.16. The van der Waals surface area contributed by atoms with Crippen LogP contribution in [0.5, 0.6) is 0 Å². The molecule has 0 rings (SSSR count). The third-order valence-corrected chi connectivity index (χ3v) is 1.27. The van der Waals surface area contributed by atoms with Crippen molar-refractivity contribution in [1.82, 2.24) is 5.01 Å². The fourth-order valence-corrected chi connectivity index (χ4v) is 0.786. The number of hydrogen-bond acceptors (Lipinski definition) is 2. The van der Waals surface area contributed by atoms with Crippen LogP contribution in [0, 0.1) is 0 Å². The molecule has 0 aliphatic carbocycles. The summed E-state index contributed by atoms with van der Waals surface area (Å²) in [5.74, 6) is 0. The van der Waals surface area contributed by atoms with Crippen LogP contribution in [0.1, 0.15) is 27.7 Å². The maximum atomic E-state index is 3.80. The number of allylic oxidation sites excluding steroid dienone is 2. The second kappa shape index (κ2) is 8.05. The van der Waals surface area contributed by atoms with Gasteiger partial charge in [0.2, 0.25) is 0 Å². The highest BCUT2D eigenvalue weighted by Gasteiger charge is 1.99. The second-order valence-electron chi connectivity index (χ2n) is 2.12. The van der Waals surface area contributed by atoms with Crippen molar-refractivity contribution < 1.29 is 0 Å². The smallest absolute Gasteiger partial charge is 0.0570 e. The van der Waals surface area contributed by atoms with E-state index in [4.69, 9.17) is 0 Å². The zero-order chi connectivity index (χ0) is 10.1. The molecule has 0 aliphatic heterocycles. The lowest BCUT2D eigenvalue weighted by molar-refractivity contribution is 0.458. The van der Waals surface area contributed by atoms with Crippen molar-refractivity contribution in [3.8, 4) is 0 Å². The van der Waals surface area contributed by atoms with Gasteiger partial charge in [0, 0.05) is 13.8 Å². The van der Waals surface area contributed by atoms with Crippen molar-refractivity contribution in [2.75, 3.05) is 7.05 Å². The first-order chi connectivity index (χ1) is 5.63. The molecule has 12 heavy (non-hydrogen) atoms. The van der Waals surface area contributed by atoms with Crippen LogP contribution in [-0.4, -0.2) is 18.8 Å². The monoisotopic (exact) mass is 168 g/mol. The van der Waals surface area contributed by atoms with Crippen LogP contribution in [0.15, 0.2) is 29.0 Å². The van der Waals surface area contributed by atoms with E-state index in [1.807, 2.05) is 40.8 Å². The molecule has 0 aromatic heterocycles. The SMILES string of the molecule is C=NN(C)/C(=C/C)C(=C)C.CC. The molecule has 2 heteroatoms. The predicted octanol–water partition coefficient (Wildman–Crippen LogP) is 3.04. The molecule has 0 heterocycles. The Morgan fingerprint density at radius 3 is 1.92 bits per heavy atom. The third kappa shape index (κ3) is 4.72. The summed E-state index contributed by atoms with van der Waals surface area (Å²) < 4.78 is 0. The van der Waals surface area contributed by atoms with Crippen molar-refractivity contribution in [2.24, 2.45) is 5.10 Å². The van der Waals surface area contributed by atoms with Crippen molar-refractivity contribution in [3.63, 3.8) is 0 Å². The van der Waals surface area contributed by atoms with Crippen molar-refractivity contribution in [3.05, 3.63) is 23.9 Å². The van der Waals surface area contributed by atoms with Gasteiger partial charge in [0.1, 0.15) is 0 Å². The Labute approximate surface area is 76.3 Å². The zero-order valence-electron chi connectivity index (χ0n) is 8.89. The van der Waals surface area contributed by atoms with E-state index in [1.165, 1.54) is 0 Å². The summed E-state index contributed by atoms with van der Waals surface area (Å²) in [7, 11) is 1.84. The van der Waals surface area contributed by atoms with Gasteiger partial charge in [0.25, 0.3) is 0 Å². The zero-order valence-corrected chi connectivity index (χ0v) is 8.89. The predicted molar refractivity (Wildman–Crippen MR) is 57.2 cm³/mol. The van der Waals surface area contributed by atoms with Crippen molar-refractivity contribution in [2.45, 2.75) is 27.7 Å². The van der Waals surface area contributed by atoms with Gasteiger partial charge < -0.3 is 0 Å². The van der Waals surface area contributed by atoms with E-state index in [-0.39, 0.29) is 0 Å². The van der Waals surface area contributed by atoms with E-state index in [9.17, 15) is 0 Å². The van der Waals surface area contributed by atoms with Crippen LogP contribution < -0.4 is 0 Å². The van der Waals surface area contributed by atoms with Gasteiger partial charge in [-0.2, -0.15) is 5.10 Å². The van der Waals surface area contributed by atoms with Crippen LogP contribution in [-0.2, 0) is 0 Å². The average Bonchev–Trinajstić information content (AvgIpc) is 2.08. The van der Waals surface area contributed by atoms with E-state index in [2.05, 4.69) is 18.4 Å². The Hall–Kier alpha value is -1.05. The molecule has 0 atom stereocenters. The number of rotatable bonds is 3. The Kier molecular flexibility index (Phi) is 9.08. The topological polar surface area (TPSA) is 15.6 Å². The molecule has 0 fully saturated rings. The molecule has 0 amide bonds. The van der Waals surface area contributed by atoms with Gasteiger partial charge in [-0.25, -0.2) is 0 Å². The number of hydrogen-bond donors (Lipinski definition) is 0. The lowest BCUT2D eigenvalue weighted by atomic mass is 10.2. The van der Waals surface area contributed by atoms with Gasteiger partial charge in [-0.05, 0) is 19.4 Å². The molecular formula is C10H20N2. The molecule has 0 aromatic carbocycles. The summed E-state index contributed by atoms with van der Waals surface area (Å²) in [5.41, 5.74) is 2.01. The number of likely N-dealkylation sites (N-methyl/N-ethyl adjacent to an activating group) is 1. The Balaban J connectivity index is 0. The maximum absolute atomic E-state index is 3.80. The van der Waals surface area contributed by atoms with Gasteiger partial charge in [-0.3, -0.25) is 5.01 Å². The molecule has 0 aromatic rings. The highest BCUT2D eigenvalue weighted by Crippen LogP contribution is 2.09. The molecule has 70 valence electrons. The summed E-state index contributed by atoms with van der Waals surface area (Å²) in [6, 6.07) is 0. The summed E-state index contributed by atoms with van der Waals surface area (Å²) in [6.45, 7) is 15.1. The van der Waals surface area contributed by atoms with Gasteiger partial charge in [-0.15, -0.1) is 0 Å². The van der Waals surface area contributed by atoms with Crippen LogP contribution in [0.25, 0.3) is 0 Å². The minimum Gasteiger partial charge on any atom is -0.269 e. The standard InChI is InChI=1S/C8H14N2.C2H6/c1-6-8(7(2)3)10(5)9-4;1-2/h6H,2,4H2,1,3,5H3;1-2H3/b8-6+;. The van der Waals surface area contributed by atoms with Crippen LogP contribution >= 0.6 is 0 Å². The molecule has 0 bridgehead atoms. The van der Waals surface area contributed by atoms with Crippen molar-refractivity contribution in [1.29, 1.82) is 0 Å². The maximum Gasteiger partial charge on any atom is 0.0570 e. The number of hydrazone groups is 1. The molecule has 0 saturated carbocycles. The Morgan fingerprint density at radius 1 is 1.42 bits per heavy atom. The molecule has 2 nitrogen and oxygen atoms in total. The molecule has 0 spiro atoms. The first-order valence-corrected chi connectivity index (χ1v) is 4.16. The van der Waals surface area contributed by atoms with Gasteiger partial charge >= 0.3 is 0 Å². The molecule has 0 unspecified atom stereocenters. The quantitative estimate of drug-likeness (QED) is 0.359. The molecule has 0 N–H and O–H groups in total. The molecular weight excluding hydrogens is 148 g/mol. The lowest BCUT2D eigenvalue weighted by Gasteiger charge is -2.15. The molecule has 0 aliphatic rings. The minimum atomic E-state index is 0.998. The van der Waals surface area contributed by atoms with Crippen LogP contribution in [0.3, 0.4) is 0 Å². The van der Waals surface area contributed by atoms with Crippen molar-refractivity contribution >= 4 is 6.72 Å². The van der Waals surface area contributed by atoms with E-state index in [1.54, 1.807) is 5.01 Å².